The van der Waals surface area contributed by atoms with Gasteiger partial charge in [-0.05, 0) is 36.3 Å². The second-order valence-corrected chi connectivity index (χ2v) is 4.51. The smallest absolute Gasteiger partial charge is 0.321 e. The van der Waals surface area contributed by atoms with Gasteiger partial charge in [-0.3, -0.25) is 4.79 Å². The monoisotopic (exact) mass is 252 g/mol. The van der Waals surface area contributed by atoms with Gasteiger partial charge in [-0.2, -0.15) is 0 Å². The molecule has 0 spiro atoms. The Hall–Kier alpha value is -1.89. The zero-order chi connectivity index (χ0) is 13.1. The number of amides is 1. The van der Waals surface area contributed by atoms with Gasteiger partial charge in [0.15, 0.2) is 5.69 Å². The molecule has 1 atom stereocenters. The van der Waals surface area contributed by atoms with Crippen LogP contribution in [0, 0.1) is 16.0 Å². The molecule has 0 aliphatic carbocycles. The molecule has 18 heavy (non-hydrogen) atoms. The molecule has 1 amide bonds. The van der Waals surface area contributed by atoms with Crippen molar-refractivity contribution in [2.24, 2.45) is 11.7 Å². The van der Waals surface area contributed by atoms with Crippen LogP contribution in [-0.4, -0.2) is 40.3 Å². The van der Waals surface area contributed by atoms with Crippen LogP contribution in [0.1, 0.15) is 23.3 Å². The molecule has 1 aromatic rings. The average Bonchev–Trinajstić information content (AvgIpc) is 2.87. The van der Waals surface area contributed by atoms with E-state index in [0.717, 1.165) is 12.8 Å². The van der Waals surface area contributed by atoms with Crippen molar-refractivity contribution in [1.82, 2.24) is 9.88 Å². The number of nitrogens with zero attached hydrogens (tertiary/aromatic N) is 2. The molecular formula is C11H16N4O3. The molecule has 0 saturated carbocycles. The van der Waals surface area contributed by atoms with Gasteiger partial charge < -0.3 is 20.7 Å². The number of piperidine rings is 1. The van der Waals surface area contributed by atoms with E-state index in [1.807, 2.05) is 0 Å². The molecule has 3 N–H and O–H groups in total. The SMILES string of the molecule is NCC1CCCN(C(=O)c2ccc([N+](=O)[O-])[nH]2)C1. The molecule has 1 aliphatic heterocycles. The van der Waals surface area contributed by atoms with Crippen molar-refractivity contribution in [2.75, 3.05) is 19.6 Å². The number of nitro groups is 1. The summed E-state index contributed by atoms with van der Waals surface area (Å²) in [5.74, 6) is -0.0281. The van der Waals surface area contributed by atoms with Crippen molar-refractivity contribution in [3.8, 4) is 0 Å². The van der Waals surface area contributed by atoms with Gasteiger partial charge in [-0.1, -0.05) is 0 Å². The van der Waals surface area contributed by atoms with Crippen molar-refractivity contribution < 1.29 is 9.72 Å². The molecule has 7 nitrogen and oxygen atoms in total. The fourth-order valence-electron chi connectivity index (χ4n) is 2.23. The summed E-state index contributed by atoms with van der Waals surface area (Å²) in [5, 5.41) is 10.5. The molecule has 0 aromatic carbocycles. The highest BCUT2D eigenvalue weighted by molar-refractivity contribution is 5.93. The summed E-state index contributed by atoms with van der Waals surface area (Å²) >= 11 is 0. The molecule has 1 aromatic heterocycles. The van der Waals surface area contributed by atoms with Crippen LogP contribution in [-0.2, 0) is 0 Å². The van der Waals surface area contributed by atoms with Gasteiger partial charge in [-0.25, -0.2) is 4.98 Å². The van der Waals surface area contributed by atoms with Gasteiger partial charge in [0.25, 0.3) is 5.91 Å². The van der Waals surface area contributed by atoms with Crippen LogP contribution in [0.15, 0.2) is 12.1 Å². The lowest BCUT2D eigenvalue weighted by Crippen LogP contribution is -2.42. The van der Waals surface area contributed by atoms with Gasteiger partial charge in [-0.15, -0.1) is 0 Å². The molecule has 0 bridgehead atoms. The first-order chi connectivity index (χ1) is 8.61. The Bertz CT molecular complexity index is 457. The quantitative estimate of drug-likeness (QED) is 0.611. The van der Waals surface area contributed by atoms with Gasteiger partial charge in [0, 0.05) is 19.2 Å². The summed E-state index contributed by atoms with van der Waals surface area (Å²) in [5.41, 5.74) is 5.88. The highest BCUT2D eigenvalue weighted by atomic mass is 16.6. The van der Waals surface area contributed by atoms with E-state index in [1.165, 1.54) is 12.1 Å². The maximum atomic E-state index is 12.1. The topological polar surface area (TPSA) is 105 Å². The molecule has 1 unspecified atom stereocenters. The van der Waals surface area contributed by atoms with Crippen LogP contribution in [0.5, 0.6) is 0 Å². The Morgan fingerprint density at radius 3 is 3.00 bits per heavy atom. The average molecular weight is 252 g/mol. The largest absolute Gasteiger partial charge is 0.358 e. The number of nitrogens with two attached hydrogens (primary N) is 1. The number of aromatic amines is 1. The summed E-state index contributed by atoms with van der Waals surface area (Å²) in [6.45, 7) is 1.87. The lowest BCUT2D eigenvalue weighted by atomic mass is 9.98. The predicted molar refractivity (Wildman–Crippen MR) is 65.1 cm³/mol. The zero-order valence-corrected chi connectivity index (χ0v) is 9.96. The first-order valence-electron chi connectivity index (χ1n) is 5.94. The van der Waals surface area contributed by atoms with Crippen molar-refractivity contribution in [3.05, 3.63) is 27.9 Å². The number of aromatic nitrogens is 1. The third kappa shape index (κ3) is 2.51. The Morgan fingerprint density at radius 1 is 1.61 bits per heavy atom. The van der Waals surface area contributed by atoms with Crippen molar-refractivity contribution >= 4 is 11.7 Å². The molecule has 2 heterocycles. The molecular weight excluding hydrogens is 236 g/mol. The minimum absolute atomic E-state index is 0.161. The van der Waals surface area contributed by atoms with Crippen LogP contribution in [0.3, 0.4) is 0 Å². The molecule has 7 heteroatoms. The Labute approximate surface area is 104 Å². The summed E-state index contributed by atoms with van der Waals surface area (Å²) in [6.07, 6.45) is 1.96. The lowest BCUT2D eigenvalue weighted by Gasteiger charge is -2.31. The molecule has 98 valence electrons. The standard InChI is InChI=1S/C11H16N4O3/c12-6-8-2-1-5-14(7-8)11(16)9-3-4-10(13-9)15(17)18/h3-4,8,13H,1-2,5-7,12H2. The van der Waals surface area contributed by atoms with E-state index < -0.39 is 4.92 Å². The number of H-pyrrole nitrogens is 1. The number of nitrogens with one attached hydrogen (secondary N) is 1. The highest BCUT2D eigenvalue weighted by Gasteiger charge is 2.26. The van der Waals surface area contributed by atoms with Gasteiger partial charge in [0.2, 0.25) is 0 Å². The number of hydrogen-bond donors (Lipinski definition) is 2. The molecule has 1 aliphatic rings. The number of hydrogen-bond acceptors (Lipinski definition) is 4. The summed E-state index contributed by atoms with van der Waals surface area (Å²) in [6, 6.07) is 2.75. The maximum absolute atomic E-state index is 12.1. The van der Waals surface area contributed by atoms with E-state index in [1.54, 1.807) is 4.90 Å². The second-order valence-electron chi connectivity index (χ2n) is 4.51. The molecule has 1 fully saturated rings. The van der Waals surface area contributed by atoms with Crippen molar-refractivity contribution in [1.29, 1.82) is 0 Å². The predicted octanol–water partition coefficient (Wildman–Crippen LogP) is 0.734. The number of carbonyl (C=O) groups is 1. The summed E-state index contributed by atoms with van der Waals surface area (Å²) in [7, 11) is 0. The number of rotatable bonds is 3. The minimum Gasteiger partial charge on any atom is -0.358 e. The lowest BCUT2D eigenvalue weighted by molar-refractivity contribution is -0.389. The summed E-state index contributed by atoms with van der Waals surface area (Å²) in [4.78, 5) is 26.4. The number of likely N-dealkylation sites (tertiary alicyclic amines) is 1. The van der Waals surface area contributed by atoms with E-state index >= 15 is 0 Å². The molecule has 2 rings (SSSR count). The van der Waals surface area contributed by atoms with E-state index in [9.17, 15) is 14.9 Å². The zero-order valence-electron chi connectivity index (χ0n) is 9.96. The highest BCUT2D eigenvalue weighted by Crippen LogP contribution is 2.18. The van der Waals surface area contributed by atoms with Crippen LogP contribution >= 0.6 is 0 Å². The Kier molecular flexibility index (Phi) is 3.61. The van der Waals surface area contributed by atoms with Crippen LogP contribution in [0.25, 0.3) is 0 Å². The first kappa shape index (κ1) is 12.6. The number of carbonyl (C=O) groups excluding carboxylic acids is 1. The third-order valence-electron chi connectivity index (χ3n) is 3.24. The fraction of sp³-hybridized carbons (Fsp3) is 0.545. The third-order valence-corrected chi connectivity index (χ3v) is 3.24. The minimum atomic E-state index is -0.546. The van der Waals surface area contributed by atoms with Crippen molar-refractivity contribution in [2.45, 2.75) is 12.8 Å². The van der Waals surface area contributed by atoms with Crippen LogP contribution in [0.4, 0.5) is 5.82 Å². The normalized spacial score (nSPS) is 19.8. The maximum Gasteiger partial charge on any atom is 0.321 e. The van der Waals surface area contributed by atoms with Gasteiger partial charge in [0.1, 0.15) is 0 Å². The van der Waals surface area contributed by atoms with Gasteiger partial charge >= 0.3 is 5.82 Å². The molecule has 1 saturated heterocycles. The van der Waals surface area contributed by atoms with Crippen LogP contribution < -0.4 is 5.73 Å². The van der Waals surface area contributed by atoms with E-state index in [2.05, 4.69) is 4.98 Å². The van der Waals surface area contributed by atoms with E-state index in [0.29, 0.717) is 25.6 Å². The van der Waals surface area contributed by atoms with Gasteiger partial charge in [0.05, 0.1) is 0 Å². The van der Waals surface area contributed by atoms with Crippen LogP contribution in [0.2, 0.25) is 0 Å². The van der Waals surface area contributed by atoms with E-state index in [4.69, 9.17) is 5.73 Å². The Balaban J connectivity index is 2.07. The van der Waals surface area contributed by atoms with E-state index in [-0.39, 0.29) is 17.4 Å². The first-order valence-corrected chi connectivity index (χ1v) is 5.94. The fourth-order valence-corrected chi connectivity index (χ4v) is 2.23. The molecule has 0 radical (unpaired) electrons. The van der Waals surface area contributed by atoms with Crippen molar-refractivity contribution in [3.63, 3.8) is 0 Å². The summed E-state index contributed by atoms with van der Waals surface area (Å²) < 4.78 is 0. The Morgan fingerprint density at radius 2 is 2.39 bits per heavy atom. The second kappa shape index (κ2) is 5.18.